The van der Waals surface area contributed by atoms with E-state index in [1.54, 1.807) is 6.07 Å². The van der Waals surface area contributed by atoms with Gasteiger partial charge in [0.1, 0.15) is 6.10 Å². The minimum absolute atomic E-state index is 0.0785. The lowest BCUT2D eigenvalue weighted by atomic mass is 9.76. The Morgan fingerprint density at radius 3 is 2.46 bits per heavy atom. The fourth-order valence-corrected chi connectivity index (χ4v) is 4.77. The van der Waals surface area contributed by atoms with E-state index in [9.17, 15) is 24.3 Å². The van der Waals surface area contributed by atoms with Gasteiger partial charge in [-0.1, -0.05) is 0 Å². The number of benzene rings is 2. The predicted molar refractivity (Wildman–Crippen MR) is 111 cm³/mol. The minimum atomic E-state index is -1.87. The summed E-state index contributed by atoms with van der Waals surface area (Å²) in [5.41, 5.74) is -0.770. The first-order valence-corrected chi connectivity index (χ1v) is 10.5. The number of Topliss-reactive ketones (excluding diaryl/α,β-unsaturated/α-hetero) is 1. The van der Waals surface area contributed by atoms with Gasteiger partial charge in [-0.3, -0.25) is 29.1 Å². The van der Waals surface area contributed by atoms with Gasteiger partial charge >= 0.3 is 11.9 Å². The molecule has 0 radical (unpaired) electrons. The molecule has 12 nitrogen and oxygen atoms in total. The molecule has 182 valence electrons. The number of ketones is 1. The number of rotatable bonds is 5. The van der Waals surface area contributed by atoms with Gasteiger partial charge in [0.2, 0.25) is 24.7 Å². The average molecular weight is 485 g/mol. The van der Waals surface area contributed by atoms with E-state index < -0.39 is 29.4 Å². The number of hydrogen-bond acceptors (Lipinski definition) is 11. The second-order valence-corrected chi connectivity index (χ2v) is 8.08. The van der Waals surface area contributed by atoms with E-state index in [1.807, 2.05) is 0 Å². The average Bonchev–Trinajstić information content (AvgIpc) is 3.39. The summed E-state index contributed by atoms with van der Waals surface area (Å²) in [6.07, 6.45) is -0.759. The lowest BCUT2D eigenvalue weighted by Crippen LogP contribution is -2.55. The second-order valence-electron chi connectivity index (χ2n) is 8.08. The van der Waals surface area contributed by atoms with Gasteiger partial charge in [-0.05, 0) is 41.8 Å². The summed E-state index contributed by atoms with van der Waals surface area (Å²) in [5, 5.41) is 11.6. The number of carbonyl (C=O) groups excluding carboxylic acids is 4. The van der Waals surface area contributed by atoms with Crippen LogP contribution in [0.5, 0.6) is 23.0 Å². The highest BCUT2D eigenvalue weighted by molar-refractivity contribution is 6.11. The van der Waals surface area contributed by atoms with Crippen LogP contribution in [0, 0.1) is 0 Å². The first-order chi connectivity index (χ1) is 16.8. The zero-order valence-corrected chi connectivity index (χ0v) is 18.6. The smallest absolute Gasteiger partial charge is 0.352 e. The topological polar surface area (TPSA) is 147 Å². The largest absolute Gasteiger partial charge is 0.454 e. The molecule has 35 heavy (non-hydrogen) atoms. The number of hydrogen-bond donors (Lipinski definition) is 1. The van der Waals surface area contributed by atoms with Crippen molar-refractivity contribution in [3.05, 3.63) is 46.5 Å². The summed E-state index contributed by atoms with van der Waals surface area (Å²) in [4.78, 5) is 69.2. The first-order valence-electron chi connectivity index (χ1n) is 10.5. The molecule has 0 fully saturated rings. The molecule has 2 atom stereocenters. The zero-order valence-electron chi connectivity index (χ0n) is 18.6. The van der Waals surface area contributed by atoms with Gasteiger partial charge in [0, 0.05) is 31.5 Å². The Hall–Kier alpha value is -4.32. The Kier molecular flexibility index (Phi) is 5.24. The quantitative estimate of drug-likeness (QED) is 0.371. The molecule has 2 aromatic carbocycles. The van der Waals surface area contributed by atoms with Crippen LogP contribution in [0.1, 0.15) is 47.0 Å². The van der Waals surface area contributed by atoms with Crippen molar-refractivity contribution in [3.8, 4) is 23.0 Å². The molecule has 2 aliphatic heterocycles. The standard InChI is InChI=1S/C23H19NO11/c1-11(26)32-34-17-7-13-5-6-24(9-25)23(15(13)8-18(17)35-33-12(2)27)21(28)14-3-4-16-20(31-10-30-16)19(14)22(23)29/h3-4,7-9,22,29H,5-6,10H2,1-2H3. The number of aliphatic hydroxyl groups excluding tert-OH is 1. The van der Waals surface area contributed by atoms with Crippen LogP contribution >= 0.6 is 0 Å². The van der Waals surface area contributed by atoms with Crippen molar-refractivity contribution < 1.29 is 53.3 Å². The number of aliphatic hydroxyl groups is 1. The number of nitrogens with zero attached hydrogens (tertiary/aromatic N) is 1. The highest BCUT2D eigenvalue weighted by Gasteiger charge is 2.61. The van der Waals surface area contributed by atoms with Crippen LogP contribution in [0.4, 0.5) is 0 Å². The Labute approximate surface area is 197 Å². The van der Waals surface area contributed by atoms with Gasteiger partial charge in [-0.25, -0.2) is 9.59 Å². The van der Waals surface area contributed by atoms with Crippen LogP contribution in [-0.2, 0) is 36.1 Å². The third-order valence-corrected chi connectivity index (χ3v) is 6.12. The third kappa shape index (κ3) is 3.25. The van der Waals surface area contributed by atoms with Crippen LogP contribution in [0.25, 0.3) is 0 Å². The minimum Gasteiger partial charge on any atom is -0.454 e. The summed E-state index contributed by atoms with van der Waals surface area (Å²) in [6.45, 7) is 2.23. The molecule has 1 spiro atoms. The van der Waals surface area contributed by atoms with Crippen LogP contribution in [0.15, 0.2) is 24.3 Å². The molecule has 12 heteroatoms. The maximum atomic E-state index is 13.9. The number of ether oxygens (including phenoxy) is 2. The van der Waals surface area contributed by atoms with Crippen LogP contribution < -0.4 is 19.2 Å². The van der Waals surface area contributed by atoms with Crippen molar-refractivity contribution in [3.63, 3.8) is 0 Å². The molecule has 0 aromatic heterocycles. The molecule has 2 heterocycles. The molecular formula is C23H19NO11. The van der Waals surface area contributed by atoms with Crippen molar-refractivity contribution in [2.24, 2.45) is 0 Å². The molecule has 0 saturated carbocycles. The monoisotopic (exact) mass is 485 g/mol. The molecule has 2 aromatic rings. The summed E-state index contributed by atoms with van der Waals surface area (Å²) in [6, 6.07) is 5.80. The van der Waals surface area contributed by atoms with E-state index in [2.05, 4.69) is 9.78 Å². The lowest BCUT2D eigenvalue weighted by molar-refractivity contribution is -0.223. The van der Waals surface area contributed by atoms with Crippen molar-refractivity contribution in [2.75, 3.05) is 13.3 Å². The molecule has 0 bridgehead atoms. The number of carbonyl (C=O) groups is 4. The van der Waals surface area contributed by atoms with Gasteiger partial charge in [0.05, 0.1) is 0 Å². The summed E-state index contributed by atoms with van der Waals surface area (Å²) in [7, 11) is 0. The van der Waals surface area contributed by atoms with Crippen molar-refractivity contribution in [1.29, 1.82) is 0 Å². The highest BCUT2D eigenvalue weighted by Crippen LogP contribution is 2.57. The van der Waals surface area contributed by atoms with Crippen LogP contribution in [0.2, 0.25) is 0 Å². The maximum absolute atomic E-state index is 13.9. The van der Waals surface area contributed by atoms with Crippen molar-refractivity contribution >= 4 is 24.1 Å². The Morgan fingerprint density at radius 1 is 1.11 bits per heavy atom. The molecule has 1 aliphatic carbocycles. The molecule has 1 amide bonds. The lowest BCUT2D eigenvalue weighted by Gasteiger charge is -2.44. The molecule has 1 N–H and O–H groups in total. The first kappa shape index (κ1) is 22.5. The Morgan fingerprint density at radius 2 is 1.80 bits per heavy atom. The van der Waals surface area contributed by atoms with Crippen molar-refractivity contribution in [1.82, 2.24) is 4.90 Å². The van der Waals surface area contributed by atoms with E-state index in [-0.39, 0.29) is 53.7 Å². The van der Waals surface area contributed by atoms with E-state index >= 15 is 0 Å². The zero-order chi connectivity index (χ0) is 24.9. The Balaban J connectivity index is 1.70. The van der Waals surface area contributed by atoms with E-state index in [0.29, 0.717) is 17.7 Å². The molecule has 2 unspecified atom stereocenters. The third-order valence-electron chi connectivity index (χ3n) is 6.12. The van der Waals surface area contributed by atoms with E-state index in [0.717, 1.165) is 13.8 Å². The van der Waals surface area contributed by atoms with Gasteiger partial charge < -0.3 is 19.5 Å². The predicted octanol–water partition coefficient (Wildman–Crippen LogP) is 1.27. The van der Waals surface area contributed by atoms with Crippen LogP contribution in [-0.4, -0.2) is 47.5 Å². The van der Waals surface area contributed by atoms with Gasteiger partial charge in [-0.2, -0.15) is 0 Å². The molecule has 0 saturated heterocycles. The Bertz CT molecular complexity index is 1270. The fraction of sp³-hybridized carbons (Fsp3) is 0.304. The van der Waals surface area contributed by atoms with Crippen molar-refractivity contribution in [2.45, 2.75) is 31.9 Å². The summed E-state index contributed by atoms with van der Waals surface area (Å²) >= 11 is 0. The van der Waals surface area contributed by atoms with Crippen LogP contribution in [0.3, 0.4) is 0 Å². The summed E-state index contributed by atoms with van der Waals surface area (Å²) in [5.74, 6) is -1.84. The van der Waals surface area contributed by atoms with Gasteiger partial charge in [0.15, 0.2) is 22.8 Å². The second kappa shape index (κ2) is 8.17. The number of amides is 1. The normalized spacial score (nSPS) is 21.3. The van der Waals surface area contributed by atoms with E-state index in [1.165, 1.54) is 23.1 Å². The number of fused-ring (bicyclic) bond motifs is 5. The fourth-order valence-electron chi connectivity index (χ4n) is 4.77. The summed E-state index contributed by atoms with van der Waals surface area (Å²) < 4.78 is 10.9. The molecule has 5 rings (SSSR count). The van der Waals surface area contributed by atoms with E-state index in [4.69, 9.17) is 19.2 Å². The van der Waals surface area contributed by atoms with Gasteiger partial charge in [-0.15, -0.1) is 0 Å². The maximum Gasteiger partial charge on any atom is 0.352 e. The SMILES string of the molecule is CC(=O)OOc1cc2c(cc1OOC(C)=O)C1(C(=O)c3ccc4c(c3C1O)OCO4)N(C=O)CC2. The molecule has 3 aliphatic rings. The van der Waals surface area contributed by atoms with Gasteiger partial charge in [0.25, 0.3) is 0 Å². The molecular weight excluding hydrogens is 466 g/mol. The highest BCUT2D eigenvalue weighted by atomic mass is 17.2.